The lowest BCUT2D eigenvalue weighted by Crippen LogP contribution is -2.40. The Morgan fingerprint density at radius 3 is 2.62 bits per heavy atom. The van der Waals surface area contributed by atoms with Crippen LogP contribution >= 0.6 is 31.9 Å². The predicted molar refractivity (Wildman–Crippen MR) is 93.1 cm³/mol. The zero-order chi connectivity index (χ0) is 15.0. The van der Waals surface area contributed by atoms with E-state index in [-0.39, 0.29) is 6.04 Å². The van der Waals surface area contributed by atoms with Crippen LogP contribution in [0.4, 0.5) is 0 Å². The van der Waals surface area contributed by atoms with Gasteiger partial charge in [-0.2, -0.15) is 0 Å². The third-order valence-electron chi connectivity index (χ3n) is 3.81. The number of benzene rings is 1. The second-order valence-corrected chi connectivity index (χ2v) is 7.04. The number of amidine groups is 1. The summed E-state index contributed by atoms with van der Waals surface area (Å²) in [5.74, 6) is 2.32. The predicted octanol–water partition coefficient (Wildman–Crippen LogP) is 4.62. The van der Waals surface area contributed by atoms with Crippen LogP contribution in [-0.4, -0.2) is 24.4 Å². The molecule has 2 atom stereocenters. The SMILES string of the molecule is COc1ccc(C2C(C)CN=C3C(Br)=CC(Br)=CN32)cc1. The number of aliphatic imine (C=N–C) groups is 1. The number of rotatable bonds is 2. The summed E-state index contributed by atoms with van der Waals surface area (Å²) in [4.78, 5) is 6.93. The van der Waals surface area contributed by atoms with Gasteiger partial charge in [0.05, 0.1) is 17.6 Å². The smallest absolute Gasteiger partial charge is 0.142 e. The second kappa shape index (κ2) is 5.97. The van der Waals surface area contributed by atoms with E-state index in [1.54, 1.807) is 7.11 Å². The molecule has 0 bridgehead atoms. The molecular weight excluding hydrogens is 396 g/mol. The average Bonchev–Trinajstić information content (AvgIpc) is 2.47. The van der Waals surface area contributed by atoms with Crippen molar-refractivity contribution >= 4 is 37.7 Å². The van der Waals surface area contributed by atoms with Crippen LogP contribution in [0.1, 0.15) is 18.5 Å². The van der Waals surface area contributed by atoms with Crippen LogP contribution in [0, 0.1) is 5.92 Å². The first kappa shape index (κ1) is 14.9. The fraction of sp³-hybridized carbons (Fsp3) is 0.312. The molecule has 2 unspecified atom stereocenters. The molecule has 3 nitrogen and oxygen atoms in total. The van der Waals surface area contributed by atoms with Crippen molar-refractivity contribution in [2.45, 2.75) is 13.0 Å². The van der Waals surface area contributed by atoms with E-state index in [0.717, 1.165) is 27.1 Å². The van der Waals surface area contributed by atoms with Gasteiger partial charge in [0.2, 0.25) is 0 Å². The molecule has 0 N–H and O–H groups in total. The largest absolute Gasteiger partial charge is 0.497 e. The summed E-state index contributed by atoms with van der Waals surface area (Å²) in [6, 6.07) is 8.58. The lowest BCUT2D eigenvalue weighted by Gasteiger charge is -2.40. The first-order valence-electron chi connectivity index (χ1n) is 6.82. The highest BCUT2D eigenvalue weighted by molar-refractivity contribution is 9.12. The van der Waals surface area contributed by atoms with E-state index >= 15 is 0 Å². The molecule has 0 saturated carbocycles. The van der Waals surface area contributed by atoms with Gasteiger partial charge < -0.3 is 9.64 Å². The molecule has 1 aromatic carbocycles. The molecule has 2 aliphatic heterocycles. The van der Waals surface area contributed by atoms with Gasteiger partial charge in [0.15, 0.2) is 0 Å². The van der Waals surface area contributed by atoms with Crippen molar-refractivity contribution in [2.75, 3.05) is 13.7 Å². The maximum Gasteiger partial charge on any atom is 0.142 e. The molecule has 0 aliphatic carbocycles. The Kier molecular flexibility index (Phi) is 4.22. The summed E-state index contributed by atoms with van der Waals surface area (Å²) in [5.41, 5.74) is 1.27. The van der Waals surface area contributed by atoms with Crippen molar-refractivity contribution in [3.05, 3.63) is 51.1 Å². The Balaban J connectivity index is 2.00. The maximum absolute atomic E-state index is 5.25. The topological polar surface area (TPSA) is 24.8 Å². The molecule has 0 radical (unpaired) electrons. The van der Waals surface area contributed by atoms with E-state index < -0.39 is 0 Å². The van der Waals surface area contributed by atoms with Crippen LogP contribution in [0.5, 0.6) is 5.75 Å². The number of hydrogen-bond acceptors (Lipinski definition) is 3. The van der Waals surface area contributed by atoms with Crippen molar-refractivity contribution < 1.29 is 4.74 Å². The molecule has 21 heavy (non-hydrogen) atoms. The molecule has 0 saturated heterocycles. The van der Waals surface area contributed by atoms with Crippen molar-refractivity contribution in [1.29, 1.82) is 0 Å². The molecule has 110 valence electrons. The van der Waals surface area contributed by atoms with E-state index in [1.165, 1.54) is 5.56 Å². The average molecular weight is 412 g/mol. The van der Waals surface area contributed by atoms with Crippen LogP contribution in [0.15, 0.2) is 50.5 Å². The van der Waals surface area contributed by atoms with Crippen molar-refractivity contribution in [3.8, 4) is 5.75 Å². The van der Waals surface area contributed by atoms with Crippen LogP contribution in [0.25, 0.3) is 0 Å². The molecule has 0 fully saturated rings. The highest BCUT2D eigenvalue weighted by Crippen LogP contribution is 2.39. The molecule has 3 rings (SSSR count). The van der Waals surface area contributed by atoms with Gasteiger partial charge in [0, 0.05) is 23.1 Å². The van der Waals surface area contributed by atoms with Crippen LogP contribution < -0.4 is 4.74 Å². The second-order valence-electron chi connectivity index (χ2n) is 5.27. The van der Waals surface area contributed by atoms with Gasteiger partial charge in [-0.25, -0.2) is 0 Å². The Labute approximate surface area is 141 Å². The molecule has 0 aromatic heterocycles. The summed E-state index contributed by atoms with van der Waals surface area (Å²) in [6.07, 6.45) is 4.14. The Morgan fingerprint density at radius 1 is 1.24 bits per heavy atom. The van der Waals surface area contributed by atoms with Gasteiger partial charge in [0.1, 0.15) is 11.6 Å². The lowest BCUT2D eigenvalue weighted by atomic mass is 9.91. The van der Waals surface area contributed by atoms with E-state index in [0.29, 0.717) is 5.92 Å². The third kappa shape index (κ3) is 2.81. The van der Waals surface area contributed by atoms with Gasteiger partial charge in [-0.15, -0.1) is 0 Å². The highest BCUT2D eigenvalue weighted by atomic mass is 79.9. The molecule has 1 aromatic rings. The van der Waals surface area contributed by atoms with Crippen molar-refractivity contribution in [2.24, 2.45) is 10.9 Å². The van der Waals surface area contributed by atoms with Crippen molar-refractivity contribution in [3.63, 3.8) is 0 Å². The molecule has 0 spiro atoms. The first-order valence-corrected chi connectivity index (χ1v) is 8.40. The zero-order valence-corrected chi connectivity index (χ0v) is 15.1. The molecular formula is C16H16Br2N2O. The third-order valence-corrected chi connectivity index (χ3v) is 4.83. The van der Waals surface area contributed by atoms with E-state index in [1.807, 2.05) is 18.2 Å². The fourth-order valence-corrected chi connectivity index (χ4v) is 4.14. The van der Waals surface area contributed by atoms with E-state index in [2.05, 4.69) is 62.0 Å². The highest BCUT2D eigenvalue weighted by Gasteiger charge is 2.33. The van der Waals surface area contributed by atoms with Crippen LogP contribution in [0.2, 0.25) is 0 Å². The normalized spacial score (nSPS) is 24.8. The Hall–Kier alpha value is -1.07. The van der Waals surface area contributed by atoms with E-state index in [9.17, 15) is 0 Å². The van der Waals surface area contributed by atoms with Gasteiger partial charge in [-0.3, -0.25) is 4.99 Å². The molecule has 2 aliphatic rings. The summed E-state index contributed by atoms with van der Waals surface area (Å²) in [5, 5.41) is 0. The lowest BCUT2D eigenvalue weighted by molar-refractivity contribution is 0.286. The minimum absolute atomic E-state index is 0.275. The summed E-state index contributed by atoms with van der Waals surface area (Å²) >= 11 is 7.18. The first-order chi connectivity index (χ1) is 10.1. The summed E-state index contributed by atoms with van der Waals surface area (Å²) < 4.78 is 7.31. The monoisotopic (exact) mass is 410 g/mol. The number of allylic oxidation sites excluding steroid dienone is 2. The number of ether oxygens (including phenoxy) is 1. The Morgan fingerprint density at radius 2 is 1.95 bits per heavy atom. The number of fused-ring (bicyclic) bond motifs is 1. The van der Waals surface area contributed by atoms with Crippen LogP contribution in [-0.2, 0) is 0 Å². The van der Waals surface area contributed by atoms with Gasteiger partial charge in [-0.1, -0.05) is 19.1 Å². The summed E-state index contributed by atoms with van der Waals surface area (Å²) in [6.45, 7) is 3.07. The van der Waals surface area contributed by atoms with Gasteiger partial charge in [0.25, 0.3) is 0 Å². The van der Waals surface area contributed by atoms with Crippen molar-refractivity contribution in [1.82, 2.24) is 4.90 Å². The number of nitrogens with zero attached hydrogens (tertiary/aromatic N) is 2. The Bertz CT molecular complexity index is 634. The van der Waals surface area contributed by atoms with Gasteiger partial charge >= 0.3 is 0 Å². The molecule has 2 heterocycles. The minimum atomic E-state index is 0.275. The van der Waals surface area contributed by atoms with E-state index in [4.69, 9.17) is 9.73 Å². The standard InChI is InChI=1S/C16H16Br2N2O/c1-10-8-19-16-14(18)7-12(17)9-20(16)15(10)11-3-5-13(21-2)6-4-11/h3-7,9-10,15H,8H2,1-2H3. The molecule has 5 heteroatoms. The molecule has 0 amide bonds. The van der Waals surface area contributed by atoms with Crippen LogP contribution in [0.3, 0.4) is 0 Å². The minimum Gasteiger partial charge on any atom is -0.497 e. The number of hydrogen-bond donors (Lipinski definition) is 0. The van der Waals surface area contributed by atoms with Gasteiger partial charge in [-0.05, 0) is 55.6 Å². The summed E-state index contributed by atoms with van der Waals surface area (Å²) in [7, 11) is 1.69. The fourth-order valence-electron chi connectivity index (χ4n) is 2.80. The number of methoxy groups -OCH3 is 1. The quantitative estimate of drug-likeness (QED) is 0.709. The number of halogens is 2. The zero-order valence-electron chi connectivity index (χ0n) is 11.9. The maximum atomic E-state index is 5.25.